The number of aromatic amines is 1. The number of H-pyrrole nitrogens is 1. The van der Waals surface area contributed by atoms with Gasteiger partial charge in [0.05, 0.1) is 25.2 Å². The van der Waals surface area contributed by atoms with Gasteiger partial charge in [-0.25, -0.2) is 9.29 Å². The molecule has 3 aromatic rings. The van der Waals surface area contributed by atoms with E-state index in [1.165, 1.54) is 0 Å². The second kappa shape index (κ2) is 6.67. The first-order valence-corrected chi connectivity index (χ1v) is 9.46. The minimum atomic E-state index is -0.299. The van der Waals surface area contributed by atoms with Crippen LogP contribution in [0.1, 0.15) is 13.3 Å². The Bertz CT molecular complexity index is 966. The van der Waals surface area contributed by atoms with E-state index in [1.54, 1.807) is 25.3 Å². The summed E-state index contributed by atoms with van der Waals surface area (Å²) in [6.07, 6.45) is 6.08. The van der Waals surface area contributed by atoms with Crippen LogP contribution < -0.4 is 4.74 Å². The molecule has 134 valence electrons. The molecule has 0 spiro atoms. The summed E-state index contributed by atoms with van der Waals surface area (Å²) in [5.74, 6) is 1.59. The van der Waals surface area contributed by atoms with Crippen molar-refractivity contribution in [2.75, 3.05) is 26.0 Å². The highest BCUT2D eigenvalue weighted by molar-refractivity contribution is 7.97. The largest absolute Gasteiger partial charge is 0.479 e. The predicted molar refractivity (Wildman–Crippen MR) is 102 cm³/mol. The first-order valence-electron chi connectivity index (χ1n) is 8.52. The van der Waals surface area contributed by atoms with Crippen LogP contribution in [0.5, 0.6) is 5.88 Å². The number of ether oxygens (including phenoxy) is 1. The number of pyridine rings is 1. The molecule has 0 radical (unpaired) electrons. The van der Waals surface area contributed by atoms with Crippen LogP contribution in [-0.2, 0) is 5.54 Å². The zero-order valence-corrected chi connectivity index (χ0v) is 15.6. The van der Waals surface area contributed by atoms with Crippen molar-refractivity contribution in [1.82, 2.24) is 24.1 Å². The van der Waals surface area contributed by atoms with Gasteiger partial charge in [-0.05, 0) is 12.1 Å². The first kappa shape index (κ1) is 16.9. The van der Waals surface area contributed by atoms with Crippen molar-refractivity contribution < 1.29 is 4.74 Å². The quantitative estimate of drug-likeness (QED) is 0.674. The highest BCUT2D eigenvalue weighted by Crippen LogP contribution is 2.40. The summed E-state index contributed by atoms with van der Waals surface area (Å²) in [6, 6.07) is 6.30. The van der Waals surface area contributed by atoms with E-state index < -0.39 is 0 Å². The van der Waals surface area contributed by atoms with Crippen molar-refractivity contribution in [3.8, 4) is 23.1 Å². The van der Waals surface area contributed by atoms with E-state index in [9.17, 15) is 5.26 Å². The number of methoxy groups -OCH3 is 1. The SMILES string of the molecule is CCSN1CC(CC#N)(n2cc(-c3ccnc4[nH]ccc34)c(OC)n2)C1. The Morgan fingerprint density at radius 1 is 1.38 bits per heavy atom. The van der Waals surface area contributed by atoms with E-state index >= 15 is 0 Å². The number of nitrogens with zero attached hydrogens (tertiary/aromatic N) is 5. The van der Waals surface area contributed by atoms with Gasteiger partial charge in [0, 0.05) is 48.4 Å². The summed E-state index contributed by atoms with van der Waals surface area (Å²) in [5, 5.41) is 15.1. The van der Waals surface area contributed by atoms with Gasteiger partial charge in [-0.15, -0.1) is 5.10 Å². The Hall–Kier alpha value is -2.50. The molecule has 0 unspecified atom stereocenters. The maximum Gasteiger partial charge on any atom is 0.240 e. The number of hydrogen-bond acceptors (Lipinski definition) is 6. The first-order chi connectivity index (χ1) is 12.7. The van der Waals surface area contributed by atoms with Gasteiger partial charge in [-0.1, -0.05) is 18.9 Å². The molecule has 0 bridgehead atoms. The topological polar surface area (TPSA) is 82.8 Å². The van der Waals surface area contributed by atoms with Crippen LogP contribution in [0, 0.1) is 11.3 Å². The summed E-state index contributed by atoms with van der Waals surface area (Å²) < 4.78 is 9.76. The van der Waals surface area contributed by atoms with Gasteiger partial charge in [0.25, 0.3) is 0 Å². The second-order valence-corrected chi connectivity index (χ2v) is 7.72. The number of fused-ring (bicyclic) bond motifs is 1. The van der Waals surface area contributed by atoms with E-state index in [1.807, 2.05) is 29.2 Å². The van der Waals surface area contributed by atoms with Crippen molar-refractivity contribution >= 4 is 23.0 Å². The monoisotopic (exact) mass is 368 g/mol. The van der Waals surface area contributed by atoms with Gasteiger partial charge in [0.1, 0.15) is 11.2 Å². The van der Waals surface area contributed by atoms with Gasteiger partial charge in [0.2, 0.25) is 5.88 Å². The van der Waals surface area contributed by atoms with Gasteiger partial charge in [-0.2, -0.15) is 5.26 Å². The van der Waals surface area contributed by atoms with Crippen molar-refractivity contribution in [3.05, 3.63) is 30.7 Å². The molecule has 0 amide bonds. The summed E-state index contributed by atoms with van der Waals surface area (Å²) >= 11 is 1.80. The van der Waals surface area contributed by atoms with Crippen LogP contribution in [-0.4, -0.2) is 50.0 Å². The molecule has 0 saturated carbocycles. The molecule has 1 saturated heterocycles. The Morgan fingerprint density at radius 2 is 2.23 bits per heavy atom. The summed E-state index contributed by atoms with van der Waals surface area (Å²) in [6.45, 7) is 3.74. The van der Waals surface area contributed by atoms with E-state index in [0.29, 0.717) is 12.3 Å². The number of nitriles is 1. The standard InChI is InChI=1S/C18H20N6OS/c1-3-26-23-11-18(12-23,6-7-19)24-10-15(17(22-24)25-2)13-4-8-20-16-14(13)5-9-21-16/h4-5,8-10H,3,6,11-12H2,1-2H3,(H,20,21). The van der Waals surface area contributed by atoms with E-state index in [0.717, 1.165) is 41.0 Å². The van der Waals surface area contributed by atoms with Crippen molar-refractivity contribution in [1.29, 1.82) is 5.26 Å². The molecule has 7 nitrogen and oxygen atoms in total. The fraction of sp³-hybridized carbons (Fsp3) is 0.389. The molecule has 0 aliphatic carbocycles. The lowest BCUT2D eigenvalue weighted by molar-refractivity contribution is 0.0798. The van der Waals surface area contributed by atoms with Crippen LogP contribution >= 0.6 is 11.9 Å². The number of aromatic nitrogens is 4. The lowest BCUT2D eigenvalue weighted by atomic mass is 9.89. The molecule has 0 atom stereocenters. The molecule has 8 heteroatoms. The molecular weight excluding hydrogens is 348 g/mol. The summed E-state index contributed by atoms with van der Waals surface area (Å²) in [5.41, 5.74) is 2.47. The molecule has 1 aliphatic heterocycles. The number of hydrogen-bond donors (Lipinski definition) is 1. The molecule has 1 fully saturated rings. The predicted octanol–water partition coefficient (Wildman–Crippen LogP) is 3.03. The van der Waals surface area contributed by atoms with Crippen LogP contribution in [0.4, 0.5) is 0 Å². The van der Waals surface area contributed by atoms with Gasteiger partial charge >= 0.3 is 0 Å². The molecule has 1 N–H and O–H groups in total. The zero-order chi connectivity index (χ0) is 18.1. The Balaban J connectivity index is 1.76. The summed E-state index contributed by atoms with van der Waals surface area (Å²) in [4.78, 5) is 7.48. The fourth-order valence-corrected chi connectivity index (χ4v) is 4.53. The van der Waals surface area contributed by atoms with Crippen molar-refractivity contribution in [3.63, 3.8) is 0 Å². The molecule has 1 aliphatic rings. The Kier molecular flexibility index (Phi) is 4.34. The van der Waals surface area contributed by atoms with Gasteiger partial charge in [-0.3, -0.25) is 4.68 Å². The van der Waals surface area contributed by atoms with Crippen LogP contribution in [0.2, 0.25) is 0 Å². The van der Waals surface area contributed by atoms with Crippen LogP contribution in [0.3, 0.4) is 0 Å². The van der Waals surface area contributed by atoms with E-state index in [4.69, 9.17) is 4.74 Å². The lowest BCUT2D eigenvalue weighted by Gasteiger charge is -2.48. The smallest absolute Gasteiger partial charge is 0.240 e. The molecular formula is C18H20N6OS. The van der Waals surface area contributed by atoms with Crippen molar-refractivity contribution in [2.24, 2.45) is 0 Å². The highest BCUT2D eigenvalue weighted by atomic mass is 32.2. The Morgan fingerprint density at radius 3 is 2.96 bits per heavy atom. The minimum Gasteiger partial charge on any atom is -0.479 e. The summed E-state index contributed by atoms with van der Waals surface area (Å²) in [7, 11) is 1.63. The molecule has 0 aromatic carbocycles. The van der Waals surface area contributed by atoms with Crippen molar-refractivity contribution in [2.45, 2.75) is 18.9 Å². The number of nitrogens with one attached hydrogen (secondary N) is 1. The van der Waals surface area contributed by atoms with Gasteiger partial charge in [0.15, 0.2) is 0 Å². The zero-order valence-electron chi connectivity index (χ0n) is 14.8. The highest BCUT2D eigenvalue weighted by Gasteiger charge is 2.46. The molecule has 26 heavy (non-hydrogen) atoms. The lowest BCUT2D eigenvalue weighted by Crippen LogP contribution is -2.60. The average molecular weight is 368 g/mol. The van der Waals surface area contributed by atoms with Crippen LogP contribution in [0.25, 0.3) is 22.2 Å². The third-order valence-corrected chi connectivity index (χ3v) is 5.65. The minimum absolute atomic E-state index is 0.299. The molecule has 4 heterocycles. The maximum absolute atomic E-state index is 9.35. The van der Waals surface area contributed by atoms with Crippen LogP contribution in [0.15, 0.2) is 30.7 Å². The van der Waals surface area contributed by atoms with E-state index in [-0.39, 0.29) is 5.54 Å². The fourth-order valence-electron chi connectivity index (χ4n) is 3.50. The van der Waals surface area contributed by atoms with E-state index in [2.05, 4.69) is 32.4 Å². The van der Waals surface area contributed by atoms with Gasteiger partial charge < -0.3 is 9.72 Å². The maximum atomic E-state index is 9.35. The normalized spacial score (nSPS) is 16.3. The average Bonchev–Trinajstić information content (AvgIpc) is 3.26. The third kappa shape index (κ3) is 2.64. The second-order valence-electron chi connectivity index (χ2n) is 6.37. The molecule has 4 rings (SSSR count). The molecule has 3 aromatic heterocycles. The third-order valence-electron chi connectivity index (χ3n) is 4.77. The number of rotatable bonds is 6. The Labute approximate surface area is 156 Å².